The van der Waals surface area contributed by atoms with Gasteiger partial charge in [-0.15, -0.1) is 0 Å². The van der Waals surface area contributed by atoms with Gasteiger partial charge < -0.3 is 21.1 Å². The number of nitrogens with one attached hydrogen (secondary N) is 2. The number of hydrogen-bond donors (Lipinski definition) is 3. The highest BCUT2D eigenvalue weighted by atomic mass is 16.5. The summed E-state index contributed by atoms with van der Waals surface area (Å²) in [4.78, 5) is 24.3. The average molecular weight is 347 g/mol. The lowest BCUT2D eigenvalue weighted by molar-refractivity contribution is -0.122. The Labute approximate surface area is 149 Å². The van der Waals surface area contributed by atoms with E-state index >= 15 is 0 Å². The lowest BCUT2D eigenvalue weighted by atomic mass is 10.0. The van der Waals surface area contributed by atoms with Crippen LogP contribution in [0.25, 0.3) is 0 Å². The molecule has 6 heteroatoms. The Morgan fingerprint density at radius 2 is 2.08 bits per heavy atom. The van der Waals surface area contributed by atoms with E-state index in [0.29, 0.717) is 49.8 Å². The van der Waals surface area contributed by atoms with Crippen molar-refractivity contribution in [3.05, 3.63) is 29.8 Å². The second kappa shape index (κ2) is 10.0. The van der Waals surface area contributed by atoms with Gasteiger partial charge in [0.15, 0.2) is 0 Å². The molecule has 138 valence electrons. The molecule has 0 aromatic heterocycles. The first-order valence-corrected chi connectivity index (χ1v) is 9.15. The van der Waals surface area contributed by atoms with Crippen LogP contribution in [0, 0.1) is 5.92 Å². The Hall–Kier alpha value is -2.08. The van der Waals surface area contributed by atoms with Crippen molar-refractivity contribution in [1.82, 2.24) is 10.6 Å². The highest BCUT2D eigenvalue weighted by Gasteiger charge is 2.26. The van der Waals surface area contributed by atoms with Gasteiger partial charge in [-0.3, -0.25) is 9.59 Å². The number of benzene rings is 1. The van der Waals surface area contributed by atoms with Crippen LogP contribution in [0.3, 0.4) is 0 Å². The van der Waals surface area contributed by atoms with E-state index in [2.05, 4.69) is 10.6 Å². The van der Waals surface area contributed by atoms with E-state index < -0.39 is 0 Å². The van der Waals surface area contributed by atoms with Gasteiger partial charge in [-0.2, -0.15) is 0 Å². The largest absolute Gasteiger partial charge is 0.493 e. The second-order valence-corrected chi connectivity index (χ2v) is 6.39. The van der Waals surface area contributed by atoms with Gasteiger partial charge in [0.25, 0.3) is 5.91 Å². The SMILES string of the molecule is CCOc1ccccc1C(=O)NCCCC(=O)NC1CCCC1CN. The smallest absolute Gasteiger partial charge is 0.255 e. The zero-order valence-electron chi connectivity index (χ0n) is 14.9. The zero-order valence-corrected chi connectivity index (χ0v) is 14.9. The number of rotatable bonds is 9. The summed E-state index contributed by atoms with van der Waals surface area (Å²) in [5, 5.41) is 5.92. The molecule has 1 fully saturated rings. The third kappa shape index (κ3) is 5.74. The normalized spacial score (nSPS) is 19.4. The van der Waals surface area contributed by atoms with Crippen LogP contribution in [0.15, 0.2) is 24.3 Å². The molecule has 2 unspecified atom stereocenters. The van der Waals surface area contributed by atoms with Gasteiger partial charge in [0, 0.05) is 19.0 Å². The Morgan fingerprint density at radius 1 is 1.28 bits per heavy atom. The minimum atomic E-state index is -0.177. The Balaban J connectivity index is 1.70. The standard InChI is InChI=1S/C19H29N3O3/c1-2-25-17-10-4-3-8-15(17)19(24)21-12-6-11-18(23)22-16-9-5-7-14(16)13-20/h3-4,8,10,14,16H,2,5-7,9,11-13,20H2,1H3,(H,21,24)(H,22,23). The molecule has 1 aromatic carbocycles. The third-order valence-electron chi connectivity index (χ3n) is 4.61. The van der Waals surface area contributed by atoms with Gasteiger partial charge >= 0.3 is 0 Å². The van der Waals surface area contributed by atoms with Crippen LogP contribution in [0.4, 0.5) is 0 Å². The van der Waals surface area contributed by atoms with Crippen LogP contribution in [-0.2, 0) is 4.79 Å². The monoisotopic (exact) mass is 347 g/mol. The molecule has 0 saturated heterocycles. The molecule has 1 aliphatic carbocycles. The summed E-state index contributed by atoms with van der Waals surface area (Å²) >= 11 is 0. The number of amides is 2. The molecule has 1 aliphatic rings. The molecule has 2 rings (SSSR count). The van der Waals surface area contributed by atoms with Gasteiger partial charge in [0.05, 0.1) is 12.2 Å². The van der Waals surface area contributed by atoms with Crippen LogP contribution >= 0.6 is 0 Å². The summed E-state index contributed by atoms with van der Waals surface area (Å²) in [5.74, 6) is 0.839. The lowest BCUT2D eigenvalue weighted by Crippen LogP contribution is -2.40. The minimum absolute atomic E-state index is 0.0364. The number of hydrogen-bond acceptors (Lipinski definition) is 4. The summed E-state index contributed by atoms with van der Waals surface area (Å²) in [6, 6.07) is 7.37. The first-order valence-electron chi connectivity index (χ1n) is 9.15. The molecule has 1 aromatic rings. The topological polar surface area (TPSA) is 93.4 Å². The molecule has 2 atom stereocenters. The fourth-order valence-corrected chi connectivity index (χ4v) is 3.27. The fraction of sp³-hybridized carbons (Fsp3) is 0.579. The van der Waals surface area contributed by atoms with Crippen molar-refractivity contribution < 1.29 is 14.3 Å². The number of ether oxygens (including phenoxy) is 1. The zero-order chi connectivity index (χ0) is 18.1. The van der Waals surface area contributed by atoms with Crippen molar-refractivity contribution >= 4 is 11.8 Å². The van der Waals surface area contributed by atoms with E-state index in [1.807, 2.05) is 13.0 Å². The molecule has 4 N–H and O–H groups in total. The van der Waals surface area contributed by atoms with E-state index in [1.165, 1.54) is 0 Å². The van der Waals surface area contributed by atoms with Crippen molar-refractivity contribution in [2.24, 2.45) is 11.7 Å². The van der Waals surface area contributed by atoms with Gasteiger partial charge in [-0.1, -0.05) is 18.6 Å². The predicted octanol–water partition coefficient (Wildman–Crippen LogP) is 1.84. The van der Waals surface area contributed by atoms with E-state index in [1.54, 1.807) is 18.2 Å². The highest BCUT2D eigenvalue weighted by molar-refractivity contribution is 5.96. The number of para-hydroxylation sites is 1. The van der Waals surface area contributed by atoms with E-state index in [9.17, 15) is 9.59 Å². The maximum atomic E-state index is 12.2. The van der Waals surface area contributed by atoms with Crippen LogP contribution in [-0.4, -0.2) is 37.6 Å². The predicted molar refractivity (Wildman–Crippen MR) is 97.5 cm³/mol. The quantitative estimate of drug-likeness (QED) is 0.594. The summed E-state index contributed by atoms with van der Waals surface area (Å²) in [7, 11) is 0. The lowest BCUT2D eigenvalue weighted by Gasteiger charge is -2.19. The molecular weight excluding hydrogens is 318 g/mol. The number of carbonyl (C=O) groups excluding carboxylic acids is 2. The molecule has 25 heavy (non-hydrogen) atoms. The molecule has 0 spiro atoms. The van der Waals surface area contributed by atoms with Crippen molar-refractivity contribution in [3.8, 4) is 5.75 Å². The van der Waals surface area contributed by atoms with Crippen LogP contribution < -0.4 is 21.1 Å². The molecule has 6 nitrogen and oxygen atoms in total. The Bertz CT molecular complexity index is 577. The van der Waals surface area contributed by atoms with Gasteiger partial charge in [0.2, 0.25) is 5.91 Å². The van der Waals surface area contributed by atoms with E-state index in [0.717, 1.165) is 19.3 Å². The molecule has 0 bridgehead atoms. The fourth-order valence-electron chi connectivity index (χ4n) is 3.27. The molecule has 0 radical (unpaired) electrons. The van der Waals surface area contributed by atoms with Crippen LogP contribution in [0.2, 0.25) is 0 Å². The first-order chi connectivity index (χ1) is 12.2. The van der Waals surface area contributed by atoms with E-state index in [-0.39, 0.29) is 17.9 Å². The number of nitrogens with two attached hydrogens (primary N) is 1. The number of carbonyl (C=O) groups is 2. The van der Waals surface area contributed by atoms with Crippen LogP contribution in [0.1, 0.15) is 49.4 Å². The molecule has 2 amide bonds. The van der Waals surface area contributed by atoms with Crippen molar-refractivity contribution in [3.63, 3.8) is 0 Å². The molecule has 0 aliphatic heterocycles. The first kappa shape index (κ1) is 19.2. The third-order valence-corrected chi connectivity index (χ3v) is 4.61. The second-order valence-electron chi connectivity index (χ2n) is 6.39. The Kier molecular flexibility index (Phi) is 7.73. The summed E-state index contributed by atoms with van der Waals surface area (Å²) < 4.78 is 5.46. The van der Waals surface area contributed by atoms with Gasteiger partial charge in [0.1, 0.15) is 5.75 Å². The molecule has 1 saturated carbocycles. The summed E-state index contributed by atoms with van der Waals surface area (Å²) in [6.45, 7) is 3.47. The highest BCUT2D eigenvalue weighted by Crippen LogP contribution is 2.24. The van der Waals surface area contributed by atoms with Crippen molar-refractivity contribution in [2.45, 2.75) is 45.1 Å². The van der Waals surface area contributed by atoms with Gasteiger partial charge in [-0.05, 0) is 50.8 Å². The summed E-state index contributed by atoms with van der Waals surface area (Å²) in [5.41, 5.74) is 6.25. The average Bonchev–Trinajstić information content (AvgIpc) is 3.06. The van der Waals surface area contributed by atoms with Crippen molar-refractivity contribution in [1.29, 1.82) is 0 Å². The Morgan fingerprint density at radius 3 is 2.84 bits per heavy atom. The van der Waals surface area contributed by atoms with Crippen molar-refractivity contribution in [2.75, 3.05) is 19.7 Å². The maximum Gasteiger partial charge on any atom is 0.255 e. The maximum absolute atomic E-state index is 12.2. The minimum Gasteiger partial charge on any atom is -0.493 e. The molecule has 0 heterocycles. The summed E-state index contributed by atoms with van der Waals surface area (Å²) in [6.07, 6.45) is 4.24. The molecular formula is C19H29N3O3. The van der Waals surface area contributed by atoms with E-state index in [4.69, 9.17) is 10.5 Å². The van der Waals surface area contributed by atoms with Crippen LogP contribution in [0.5, 0.6) is 5.75 Å². The van der Waals surface area contributed by atoms with Gasteiger partial charge in [-0.25, -0.2) is 0 Å².